The third-order valence-electron chi connectivity index (χ3n) is 10.2. The predicted molar refractivity (Wildman–Crippen MR) is 244 cm³/mol. The highest BCUT2D eigenvalue weighted by molar-refractivity contribution is 7.90. The molecule has 21 heteroatoms. The maximum atomic E-state index is 13.2. The lowest BCUT2D eigenvalue weighted by atomic mass is 10.0. The minimum Gasteiger partial charge on any atom is -0.496 e. The summed E-state index contributed by atoms with van der Waals surface area (Å²) in [7, 11) is -3.03. The van der Waals surface area contributed by atoms with Crippen molar-refractivity contribution in [3.05, 3.63) is 146 Å². The van der Waals surface area contributed by atoms with Crippen LogP contribution in [0.2, 0.25) is 0 Å². The molecular weight excluding hydrogens is 909 g/mol. The largest absolute Gasteiger partial charge is 0.496 e. The third-order valence-corrected chi connectivity index (χ3v) is 13.0. The van der Waals surface area contributed by atoms with E-state index < -0.39 is 24.8 Å². The van der Waals surface area contributed by atoms with Crippen molar-refractivity contribution in [3.63, 3.8) is 0 Å². The van der Waals surface area contributed by atoms with Crippen molar-refractivity contribution in [1.82, 2.24) is 39.0 Å². The molecule has 0 radical (unpaired) electrons. The molecule has 8 rings (SSSR count). The van der Waals surface area contributed by atoms with Crippen molar-refractivity contribution < 1.29 is 35.5 Å². The smallest absolute Gasteiger partial charge is 0.250 e. The first kappa shape index (κ1) is 45.2. The molecule has 0 saturated heterocycles. The average molecular weight is 949 g/mol. The van der Waals surface area contributed by atoms with Gasteiger partial charge < -0.3 is 27.8 Å². The number of aromatic nitrogens is 8. The number of hydrogen-bond donors (Lipinski definition) is 0. The minimum absolute atomic E-state index is 0.177. The number of thiazole rings is 1. The number of sulfone groups is 2. The van der Waals surface area contributed by atoms with Crippen LogP contribution >= 0.6 is 11.3 Å². The van der Waals surface area contributed by atoms with Gasteiger partial charge >= 0.3 is 0 Å². The molecule has 0 fully saturated rings. The minimum atomic E-state index is -3.86. The molecule has 0 spiro atoms. The van der Waals surface area contributed by atoms with Gasteiger partial charge in [-0.05, 0) is 65.6 Å². The van der Waals surface area contributed by atoms with E-state index in [9.17, 15) is 26.4 Å². The van der Waals surface area contributed by atoms with Crippen molar-refractivity contribution in [1.29, 1.82) is 0 Å². The Morgan fingerprint density at radius 2 is 1.15 bits per heavy atom. The first-order valence-electron chi connectivity index (χ1n) is 19.9. The monoisotopic (exact) mass is 948 g/mol. The zero-order chi connectivity index (χ0) is 46.8. The second kappa shape index (κ2) is 18.6. The maximum absolute atomic E-state index is 13.2. The SMILES string of the molecule is COc1ccc(Cn2cc(-c3cc(-c4cnco4)nc(S(C)(=O)=O)n3)ccc2=O)cc1CCc1ncc(-c2cc(-c3ccc(=O)n(Cc4ccc(OC)c(OC)c4)c3)nc(S(C)(=O)=O)n2)s1. The molecule has 0 saturated carbocycles. The average Bonchev–Trinajstić information content (AvgIpc) is 4.03. The van der Waals surface area contributed by atoms with Crippen LogP contribution in [0.5, 0.6) is 17.2 Å². The van der Waals surface area contributed by atoms with Crippen molar-refractivity contribution >= 4 is 31.0 Å². The number of pyridine rings is 2. The normalized spacial score (nSPS) is 11.7. The molecule has 2 aromatic carbocycles. The van der Waals surface area contributed by atoms with Crippen LogP contribution in [0, 0.1) is 0 Å². The Kier molecular flexibility index (Phi) is 12.8. The van der Waals surface area contributed by atoms with E-state index in [0.29, 0.717) is 57.5 Å². The Morgan fingerprint density at radius 3 is 1.71 bits per heavy atom. The molecule has 66 heavy (non-hydrogen) atoms. The van der Waals surface area contributed by atoms with Gasteiger partial charge in [0, 0.05) is 60.8 Å². The van der Waals surface area contributed by atoms with Gasteiger partial charge in [-0.25, -0.2) is 46.7 Å². The molecule has 0 aliphatic heterocycles. The Balaban J connectivity index is 1.03. The topological polar surface area (TPSA) is 230 Å². The van der Waals surface area contributed by atoms with Crippen molar-refractivity contribution in [2.45, 2.75) is 36.2 Å². The number of oxazole rings is 1. The number of rotatable bonds is 16. The fourth-order valence-electron chi connectivity index (χ4n) is 6.97. The molecule has 0 aliphatic rings. The summed E-state index contributed by atoms with van der Waals surface area (Å²) >= 11 is 1.35. The predicted octanol–water partition coefficient (Wildman–Crippen LogP) is 5.42. The maximum Gasteiger partial charge on any atom is 0.250 e. The van der Waals surface area contributed by atoms with Crippen LogP contribution in [0.25, 0.3) is 44.5 Å². The van der Waals surface area contributed by atoms with Crippen molar-refractivity contribution in [2.24, 2.45) is 0 Å². The molecular formula is C45H40N8O10S3. The number of ether oxygens (including phenoxy) is 3. The lowest BCUT2D eigenvalue weighted by Gasteiger charge is -2.13. The van der Waals surface area contributed by atoms with Gasteiger partial charge in [-0.2, -0.15) is 0 Å². The van der Waals surface area contributed by atoms with Gasteiger partial charge in [-0.3, -0.25) is 9.59 Å². The van der Waals surface area contributed by atoms with E-state index in [2.05, 4.69) is 29.9 Å². The van der Waals surface area contributed by atoms with E-state index >= 15 is 0 Å². The second-order valence-corrected chi connectivity index (χ2v) is 19.9. The molecule has 8 aromatic rings. The Labute approximate surface area is 382 Å². The fraction of sp³-hybridized carbons (Fsp3) is 0.200. The van der Waals surface area contributed by atoms with Gasteiger partial charge in [0.1, 0.15) is 11.4 Å². The first-order chi connectivity index (χ1) is 31.6. The van der Waals surface area contributed by atoms with E-state index in [1.807, 2.05) is 24.3 Å². The van der Waals surface area contributed by atoms with E-state index in [-0.39, 0.29) is 46.5 Å². The van der Waals surface area contributed by atoms with Crippen LogP contribution in [-0.4, -0.2) is 89.7 Å². The molecule has 0 unspecified atom stereocenters. The summed E-state index contributed by atoms with van der Waals surface area (Å²) < 4.78 is 75.6. The number of benzene rings is 2. The molecule has 6 heterocycles. The highest BCUT2D eigenvalue weighted by Crippen LogP contribution is 2.32. The van der Waals surface area contributed by atoms with Crippen LogP contribution in [-0.2, 0) is 45.6 Å². The highest BCUT2D eigenvalue weighted by atomic mass is 32.2. The van der Waals surface area contributed by atoms with Crippen LogP contribution < -0.4 is 25.3 Å². The molecule has 0 N–H and O–H groups in total. The number of hydrogen-bond acceptors (Lipinski definition) is 17. The number of nitrogens with zero attached hydrogens (tertiary/aromatic N) is 8. The molecule has 0 atom stereocenters. The van der Waals surface area contributed by atoms with Crippen LogP contribution in [0.3, 0.4) is 0 Å². The summed E-state index contributed by atoms with van der Waals surface area (Å²) in [5, 5.41) is -0.0321. The van der Waals surface area contributed by atoms with Gasteiger partial charge in [0.25, 0.3) is 11.1 Å². The second-order valence-electron chi connectivity index (χ2n) is 15.0. The van der Waals surface area contributed by atoms with Crippen molar-refractivity contribution in [3.8, 4) is 61.8 Å². The zero-order valence-corrected chi connectivity index (χ0v) is 38.5. The van der Waals surface area contributed by atoms with Gasteiger partial charge in [0.15, 0.2) is 23.7 Å². The van der Waals surface area contributed by atoms with Gasteiger partial charge in [-0.1, -0.05) is 18.2 Å². The molecule has 0 bridgehead atoms. The van der Waals surface area contributed by atoms with Crippen LogP contribution in [0.1, 0.15) is 21.7 Å². The molecule has 338 valence electrons. The quantitative estimate of drug-likeness (QED) is 0.110. The van der Waals surface area contributed by atoms with Crippen LogP contribution in [0.4, 0.5) is 0 Å². The van der Waals surface area contributed by atoms with E-state index in [1.165, 1.54) is 59.4 Å². The summed E-state index contributed by atoms with van der Waals surface area (Å²) in [6.07, 6.45) is 10.5. The summed E-state index contributed by atoms with van der Waals surface area (Å²) in [5.74, 6) is 1.95. The zero-order valence-electron chi connectivity index (χ0n) is 36.0. The van der Waals surface area contributed by atoms with E-state index in [1.54, 1.807) is 62.1 Å². The summed E-state index contributed by atoms with van der Waals surface area (Å²) in [6, 6.07) is 20.1. The molecule has 6 aromatic heterocycles. The fourth-order valence-corrected chi connectivity index (χ4v) is 8.90. The molecule has 0 aliphatic carbocycles. The third kappa shape index (κ3) is 10.1. The Morgan fingerprint density at radius 1 is 0.606 bits per heavy atom. The molecule has 0 amide bonds. The molecule has 18 nitrogen and oxygen atoms in total. The Hall–Kier alpha value is -7.36. The summed E-state index contributed by atoms with van der Waals surface area (Å²) in [5.41, 5.74) is 3.97. The first-order valence-corrected chi connectivity index (χ1v) is 24.5. The standard InChI is InChI=1S/C45H40N8O10S3/c1-60-36-11-6-27(22-52-24-30(9-14-42(52)54)32-18-34(39-20-46-26-63-39)50-44(48-32)65(4,56)57)16-29(36)8-13-41-47-21-40(64-41)35-19-33(49-45(51-35)66(5,58)59)31-10-15-43(55)53(25-31)23-28-7-12-37(61-2)38(17-28)62-3/h6-7,9-12,14-21,24-26H,8,13,22-23H2,1-5H3. The van der Waals surface area contributed by atoms with Gasteiger partial charge in [0.2, 0.25) is 30.0 Å². The van der Waals surface area contributed by atoms with E-state index in [4.69, 9.17) is 18.6 Å². The number of methoxy groups -OCH3 is 3. The van der Waals surface area contributed by atoms with Crippen molar-refractivity contribution in [2.75, 3.05) is 33.8 Å². The van der Waals surface area contributed by atoms with E-state index in [0.717, 1.165) is 34.2 Å². The summed E-state index contributed by atoms with van der Waals surface area (Å²) in [4.78, 5) is 52.5. The van der Waals surface area contributed by atoms with Gasteiger partial charge in [0.05, 0.1) is 67.6 Å². The highest BCUT2D eigenvalue weighted by Gasteiger charge is 2.20. The lowest BCUT2D eigenvalue weighted by Crippen LogP contribution is -2.19. The summed E-state index contributed by atoms with van der Waals surface area (Å²) in [6.45, 7) is 0.380. The number of aryl methyl sites for hydroxylation is 2. The Bertz CT molecular complexity index is 3460. The van der Waals surface area contributed by atoms with Gasteiger partial charge in [-0.15, -0.1) is 11.3 Å². The van der Waals surface area contributed by atoms with Crippen LogP contribution in [0.15, 0.2) is 128 Å². The lowest BCUT2D eigenvalue weighted by molar-refractivity contribution is 0.354.